The van der Waals surface area contributed by atoms with Gasteiger partial charge in [-0.1, -0.05) is 27.7 Å². The zero-order chi connectivity index (χ0) is 24.9. The molecule has 3 saturated heterocycles. The van der Waals surface area contributed by atoms with E-state index >= 15 is 0 Å². The van der Waals surface area contributed by atoms with Crippen LogP contribution in [0.5, 0.6) is 0 Å². The molecule has 3 fully saturated rings. The van der Waals surface area contributed by atoms with Crippen molar-refractivity contribution in [2.45, 2.75) is 110 Å². The van der Waals surface area contributed by atoms with Crippen LogP contribution < -0.4 is 10.6 Å². The molecular formula is C22H36N2O9. The number of aliphatic carboxylic acids is 1. The number of nitrogens with one attached hydrogen (secondary N) is 2. The summed E-state index contributed by atoms with van der Waals surface area (Å²) in [5, 5.41) is 14.6. The van der Waals surface area contributed by atoms with Crippen molar-refractivity contribution in [3.63, 3.8) is 0 Å². The second-order valence-electron chi connectivity index (χ2n) is 10.4. The van der Waals surface area contributed by atoms with Crippen LogP contribution in [0.15, 0.2) is 0 Å². The predicted octanol–water partition coefficient (Wildman–Crippen LogP) is 0.749. The van der Waals surface area contributed by atoms with Crippen LogP contribution >= 0.6 is 0 Å². The van der Waals surface area contributed by atoms with Gasteiger partial charge in [0.15, 0.2) is 24.0 Å². The largest absolute Gasteiger partial charge is 0.480 e. The molecule has 0 radical (unpaired) electrons. The number of carbonyl (C=O) groups is 3. The van der Waals surface area contributed by atoms with Crippen molar-refractivity contribution in [1.29, 1.82) is 0 Å². The second-order valence-corrected chi connectivity index (χ2v) is 10.4. The first kappa shape index (κ1) is 25.8. The molecule has 3 N–H and O–H groups in total. The van der Waals surface area contributed by atoms with Gasteiger partial charge >= 0.3 is 5.97 Å². The summed E-state index contributed by atoms with van der Waals surface area (Å²) in [6.07, 6.45) is -3.94. The Balaban J connectivity index is 1.78. The zero-order valence-electron chi connectivity index (χ0n) is 20.4. The maximum Gasteiger partial charge on any atom is 0.326 e. The normalized spacial score (nSPS) is 33.8. The highest BCUT2D eigenvalue weighted by molar-refractivity contribution is 5.92. The fraction of sp³-hybridized carbons (Fsp3) is 0.864. The maximum absolute atomic E-state index is 13.3. The minimum absolute atomic E-state index is 0.315. The lowest BCUT2D eigenvalue weighted by atomic mass is 9.96. The number of carbonyl (C=O) groups excluding carboxylic acids is 2. The predicted molar refractivity (Wildman–Crippen MR) is 114 cm³/mol. The molecule has 0 aromatic rings. The van der Waals surface area contributed by atoms with E-state index in [1.165, 1.54) is 0 Å². The average molecular weight is 473 g/mol. The van der Waals surface area contributed by atoms with E-state index in [-0.39, 0.29) is 11.8 Å². The number of ether oxygens (including phenoxy) is 5. The van der Waals surface area contributed by atoms with Gasteiger partial charge in [0.2, 0.25) is 5.91 Å². The first-order chi connectivity index (χ1) is 15.1. The molecule has 0 bridgehead atoms. The third kappa shape index (κ3) is 5.48. The highest BCUT2D eigenvalue weighted by Crippen LogP contribution is 2.44. The van der Waals surface area contributed by atoms with Crippen LogP contribution in [0, 0.1) is 11.8 Å². The van der Waals surface area contributed by atoms with Crippen LogP contribution in [0.25, 0.3) is 0 Å². The molecular weight excluding hydrogens is 436 g/mol. The third-order valence-corrected chi connectivity index (χ3v) is 5.89. The Morgan fingerprint density at radius 3 is 1.82 bits per heavy atom. The van der Waals surface area contributed by atoms with E-state index in [1.807, 2.05) is 0 Å². The summed E-state index contributed by atoms with van der Waals surface area (Å²) in [7, 11) is 0. The number of hydrogen-bond acceptors (Lipinski definition) is 8. The van der Waals surface area contributed by atoms with Crippen molar-refractivity contribution >= 4 is 17.8 Å². The first-order valence-electron chi connectivity index (χ1n) is 11.3. The standard InChI is InChI=1S/C22H36N2O9/c1-9(2)11(17(25)24-12(10(3)4)19(27)28)23-18(26)15-13-14(31-21(5,6)30-13)16-20(29-15)33-22(7,8)32-16/h9-16,20H,1-8H3,(H,23,26)(H,24,25)(H,27,28)/t11-,12+,13-,14+,15-,16-,20-/m1/s1. The number of hydrogen-bond donors (Lipinski definition) is 3. The minimum Gasteiger partial charge on any atom is -0.480 e. The molecule has 7 atom stereocenters. The van der Waals surface area contributed by atoms with Crippen molar-refractivity contribution in [3.8, 4) is 0 Å². The Labute approximate surface area is 193 Å². The van der Waals surface area contributed by atoms with E-state index < -0.39 is 72.1 Å². The van der Waals surface area contributed by atoms with Gasteiger partial charge in [-0.25, -0.2) is 4.79 Å². The highest BCUT2D eigenvalue weighted by atomic mass is 16.9. The molecule has 3 aliphatic rings. The molecule has 0 unspecified atom stereocenters. The highest BCUT2D eigenvalue weighted by Gasteiger charge is 2.62. The van der Waals surface area contributed by atoms with Gasteiger partial charge in [-0.2, -0.15) is 0 Å². The summed E-state index contributed by atoms with van der Waals surface area (Å²) >= 11 is 0. The van der Waals surface area contributed by atoms with Crippen LogP contribution in [0.3, 0.4) is 0 Å². The second kappa shape index (κ2) is 9.10. The molecule has 0 spiro atoms. The van der Waals surface area contributed by atoms with Crippen LogP contribution in [0.4, 0.5) is 0 Å². The lowest BCUT2D eigenvalue weighted by molar-refractivity contribution is -0.231. The number of rotatable bonds is 7. The maximum atomic E-state index is 13.3. The van der Waals surface area contributed by atoms with Gasteiger partial charge in [0, 0.05) is 0 Å². The van der Waals surface area contributed by atoms with E-state index in [0.717, 1.165) is 0 Å². The van der Waals surface area contributed by atoms with E-state index in [4.69, 9.17) is 23.7 Å². The lowest BCUT2D eigenvalue weighted by Crippen LogP contribution is -2.62. The number of carboxylic acid groups (broad SMARTS) is 1. The summed E-state index contributed by atoms with van der Waals surface area (Å²) in [6, 6.07) is -2.06. The van der Waals surface area contributed by atoms with Crippen LogP contribution in [-0.4, -0.2) is 77.3 Å². The summed E-state index contributed by atoms with van der Waals surface area (Å²) in [5.41, 5.74) is 0. The molecule has 3 aliphatic heterocycles. The van der Waals surface area contributed by atoms with Crippen LogP contribution in [-0.2, 0) is 38.1 Å². The van der Waals surface area contributed by atoms with E-state index in [0.29, 0.717) is 0 Å². The molecule has 33 heavy (non-hydrogen) atoms. The van der Waals surface area contributed by atoms with Gasteiger partial charge in [-0.15, -0.1) is 0 Å². The molecule has 3 rings (SSSR count). The fourth-order valence-electron chi connectivity index (χ4n) is 4.35. The molecule has 2 amide bonds. The van der Waals surface area contributed by atoms with Crippen molar-refractivity contribution in [1.82, 2.24) is 10.6 Å². The molecule has 11 nitrogen and oxygen atoms in total. The molecule has 0 aliphatic carbocycles. The number of amides is 2. The van der Waals surface area contributed by atoms with E-state index in [9.17, 15) is 19.5 Å². The average Bonchev–Trinajstić information content (AvgIpc) is 3.15. The molecule has 0 aromatic carbocycles. The van der Waals surface area contributed by atoms with Crippen molar-refractivity contribution in [3.05, 3.63) is 0 Å². The Morgan fingerprint density at radius 1 is 0.758 bits per heavy atom. The molecule has 11 heteroatoms. The Kier molecular flexibility index (Phi) is 7.12. The van der Waals surface area contributed by atoms with Crippen LogP contribution in [0.1, 0.15) is 55.4 Å². The van der Waals surface area contributed by atoms with Crippen molar-refractivity contribution in [2.24, 2.45) is 11.8 Å². The smallest absolute Gasteiger partial charge is 0.326 e. The summed E-state index contributed by atoms with van der Waals surface area (Å²) in [4.78, 5) is 37.7. The van der Waals surface area contributed by atoms with Gasteiger partial charge in [0.05, 0.1) is 0 Å². The van der Waals surface area contributed by atoms with E-state index in [2.05, 4.69) is 10.6 Å². The summed E-state index contributed by atoms with van der Waals surface area (Å²) < 4.78 is 29.7. The third-order valence-electron chi connectivity index (χ3n) is 5.89. The fourth-order valence-corrected chi connectivity index (χ4v) is 4.35. The quantitative estimate of drug-likeness (QED) is 0.489. The van der Waals surface area contributed by atoms with Gasteiger partial charge in [0.1, 0.15) is 30.4 Å². The topological polar surface area (TPSA) is 142 Å². The van der Waals surface area contributed by atoms with Crippen molar-refractivity contribution < 1.29 is 43.2 Å². The van der Waals surface area contributed by atoms with Gasteiger partial charge in [-0.3, -0.25) is 9.59 Å². The lowest BCUT2D eigenvalue weighted by Gasteiger charge is -2.37. The summed E-state index contributed by atoms with van der Waals surface area (Å²) in [6.45, 7) is 13.9. The van der Waals surface area contributed by atoms with Crippen molar-refractivity contribution in [2.75, 3.05) is 0 Å². The first-order valence-corrected chi connectivity index (χ1v) is 11.3. The molecule has 0 aromatic heterocycles. The Morgan fingerprint density at radius 2 is 1.27 bits per heavy atom. The number of carboxylic acids is 1. The van der Waals surface area contributed by atoms with Gasteiger partial charge < -0.3 is 39.4 Å². The van der Waals surface area contributed by atoms with Gasteiger partial charge in [-0.05, 0) is 39.5 Å². The molecule has 188 valence electrons. The molecule has 0 saturated carbocycles. The Bertz CT molecular complexity index is 782. The minimum atomic E-state index is -1.14. The van der Waals surface area contributed by atoms with Crippen LogP contribution in [0.2, 0.25) is 0 Å². The molecule has 3 heterocycles. The SMILES string of the molecule is CC(C)[C@H](NC(=O)[C@H](NC(=O)[C@@H]1O[C@@H]2OC(C)(C)O[C@@H]2[C@H]2OC(C)(C)O[C@H]21)C(C)C)C(=O)O. The Hall–Kier alpha value is -1.79. The summed E-state index contributed by atoms with van der Waals surface area (Å²) in [5.74, 6) is -4.85. The number of fused-ring (bicyclic) bond motifs is 3. The monoisotopic (exact) mass is 472 g/mol. The van der Waals surface area contributed by atoms with E-state index in [1.54, 1.807) is 55.4 Å². The zero-order valence-corrected chi connectivity index (χ0v) is 20.4. The van der Waals surface area contributed by atoms with Gasteiger partial charge in [0.25, 0.3) is 5.91 Å².